The summed E-state index contributed by atoms with van der Waals surface area (Å²) < 4.78 is 23.0. The first kappa shape index (κ1) is 17.3. The molecular formula is C15H13BrClN2O4P. The summed E-state index contributed by atoms with van der Waals surface area (Å²) in [5, 5.41) is 1.12. The highest BCUT2D eigenvalue weighted by atomic mass is 79.9. The number of aromatic nitrogens is 1. The molecule has 0 spiro atoms. The van der Waals surface area contributed by atoms with Crippen LogP contribution in [0.2, 0.25) is 5.02 Å². The van der Waals surface area contributed by atoms with Crippen molar-refractivity contribution in [3.63, 3.8) is 0 Å². The SMILES string of the molecule is Nc1ccc(COP(=O)(O)Oc2c[nH]c3cc(Cl)c(Br)cc23)cc1. The van der Waals surface area contributed by atoms with Crippen LogP contribution in [0.4, 0.5) is 5.69 Å². The number of rotatable bonds is 5. The van der Waals surface area contributed by atoms with Gasteiger partial charge in [0, 0.05) is 21.7 Å². The second-order valence-electron chi connectivity index (χ2n) is 5.04. The van der Waals surface area contributed by atoms with Gasteiger partial charge in [-0.3, -0.25) is 9.42 Å². The Labute approximate surface area is 151 Å². The molecule has 0 fully saturated rings. The third kappa shape index (κ3) is 3.94. The standard InChI is InChI=1S/C15H13BrClN2O4P/c16-12-5-11-14(6-13(12)17)19-7-15(11)23-24(20,21)22-8-9-1-3-10(18)4-2-9/h1-7,19H,8,18H2,(H,20,21). The van der Waals surface area contributed by atoms with Crippen LogP contribution in [0.25, 0.3) is 10.9 Å². The van der Waals surface area contributed by atoms with Crippen molar-refractivity contribution in [1.29, 1.82) is 0 Å². The van der Waals surface area contributed by atoms with Gasteiger partial charge in [-0.25, -0.2) is 4.57 Å². The molecule has 9 heteroatoms. The minimum Gasteiger partial charge on any atom is -0.402 e. The molecule has 0 amide bonds. The average molecular weight is 432 g/mol. The fraction of sp³-hybridized carbons (Fsp3) is 0.0667. The molecule has 1 unspecified atom stereocenters. The molecular weight excluding hydrogens is 419 g/mol. The van der Waals surface area contributed by atoms with Crippen molar-refractivity contribution in [3.8, 4) is 5.75 Å². The predicted octanol–water partition coefficient (Wildman–Crippen LogP) is 4.86. The molecule has 6 nitrogen and oxygen atoms in total. The van der Waals surface area contributed by atoms with Crippen LogP contribution in [0.3, 0.4) is 0 Å². The first-order chi connectivity index (χ1) is 11.3. The molecule has 3 rings (SSSR count). The summed E-state index contributed by atoms with van der Waals surface area (Å²) in [5.41, 5.74) is 7.57. The molecule has 0 saturated heterocycles. The molecule has 1 atom stereocenters. The third-order valence-electron chi connectivity index (χ3n) is 3.27. The van der Waals surface area contributed by atoms with Gasteiger partial charge in [-0.15, -0.1) is 0 Å². The van der Waals surface area contributed by atoms with E-state index in [2.05, 4.69) is 20.9 Å². The van der Waals surface area contributed by atoms with Gasteiger partial charge in [-0.05, 0) is 45.8 Å². The van der Waals surface area contributed by atoms with Crippen LogP contribution in [0, 0.1) is 0 Å². The zero-order chi connectivity index (χ0) is 17.3. The molecule has 0 aliphatic heterocycles. The Kier molecular flexibility index (Phi) is 4.90. The monoisotopic (exact) mass is 430 g/mol. The second kappa shape index (κ2) is 6.78. The smallest absolute Gasteiger partial charge is 0.402 e. The highest BCUT2D eigenvalue weighted by Gasteiger charge is 2.25. The summed E-state index contributed by atoms with van der Waals surface area (Å²) >= 11 is 9.32. The number of nitrogens with two attached hydrogens (primary N) is 1. The van der Waals surface area contributed by atoms with Gasteiger partial charge >= 0.3 is 7.82 Å². The normalized spacial score (nSPS) is 13.8. The Morgan fingerprint density at radius 2 is 2.00 bits per heavy atom. The number of phosphoric ester groups is 1. The third-order valence-corrected chi connectivity index (χ3v) is 5.35. The summed E-state index contributed by atoms with van der Waals surface area (Å²) in [5.74, 6) is 0.200. The molecule has 0 radical (unpaired) electrons. The lowest BCUT2D eigenvalue weighted by Crippen LogP contribution is -1.98. The van der Waals surface area contributed by atoms with E-state index in [-0.39, 0.29) is 12.4 Å². The van der Waals surface area contributed by atoms with E-state index in [0.717, 1.165) is 0 Å². The number of nitrogens with one attached hydrogen (secondary N) is 1. The van der Waals surface area contributed by atoms with Gasteiger partial charge in [0.25, 0.3) is 0 Å². The first-order valence-corrected chi connectivity index (χ1v) is 9.48. The number of halogens is 2. The van der Waals surface area contributed by atoms with Crippen molar-refractivity contribution >= 4 is 51.9 Å². The molecule has 0 saturated carbocycles. The van der Waals surface area contributed by atoms with Crippen molar-refractivity contribution in [2.75, 3.05) is 5.73 Å². The van der Waals surface area contributed by atoms with E-state index < -0.39 is 7.82 Å². The Balaban J connectivity index is 1.75. The highest BCUT2D eigenvalue weighted by Crippen LogP contribution is 2.47. The molecule has 0 aliphatic rings. The molecule has 0 bridgehead atoms. The van der Waals surface area contributed by atoms with Gasteiger partial charge in [0.05, 0.1) is 17.1 Å². The fourth-order valence-electron chi connectivity index (χ4n) is 2.09. The zero-order valence-electron chi connectivity index (χ0n) is 12.2. The lowest BCUT2D eigenvalue weighted by Gasteiger charge is -2.12. The van der Waals surface area contributed by atoms with E-state index in [1.54, 1.807) is 36.4 Å². The molecule has 126 valence electrons. The summed E-state index contributed by atoms with van der Waals surface area (Å²) in [7, 11) is -4.29. The van der Waals surface area contributed by atoms with Crippen LogP contribution >= 0.6 is 35.4 Å². The van der Waals surface area contributed by atoms with Crippen LogP contribution < -0.4 is 10.3 Å². The average Bonchev–Trinajstić information content (AvgIpc) is 2.89. The van der Waals surface area contributed by atoms with E-state index >= 15 is 0 Å². The number of hydrogen-bond donors (Lipinski definition) is 3. The Morgan fingerprint density at radius 3 is 2.71 bits per heavy atom. The highest BCUT2D eigenvalue weighted by molar-refractivity contribution is 9.10. The number of anilines is 1. The van der Waals surface area contributed by atoms with Gasteiger partial charge in [0.2, 0.25) is 0 Å². The molecule has 4 N–H and O–H groups in total. The minimum absolute atomic E-state index is 0.0774. The first-order valence-electron chi connectivity index (χ1n) is 6.81. The van der Waals surface area contributed by atoms with Crippen LogP contribution in [-0.2, 0) is 15.7 Å². The van der Waals surface area contributed by atoms with Gasteiger partial charge < -0.3 is 15.2 Å². The lowest BCUT2D eigenvalue weighted by atomic mass is 10.2. The van der Waals surface area contributed by atoms with Crippen LogP contribution in [0.5, 0.6) is 5.75 Å². The topological polar surface area (TPSA) is 97.6 Å². The van der Waals surface area contributed by atoms with E-state index in [1.165, 1.54) is 6.20 Å². The summed E-state index contributed by atoms with van der Waals surface area (Å²) in [6.07, 6.45) is 1.48. The zero-order valence-corrected chi connectivity index (χ0v) is 15.4. The molecule has 24 heavy (non-hydrogen) atoms. The van der Waals surface area contributed by atoms with Gasteiger partial charge in [0.15, 0.2) is 5.75 Å². The van der Waals surface area contributed by atoms with Crippen LogP contribution in [0.15, 0.2) is 47.1 Å². The minimum atomic E-state index is -4.29. The van der Waals surface area contributed by atoms with Crippen LogP contribution in [0.1, 0.15) is 5.56 Å². The summed E-state index contributed by atoms with van der Waals surface area (Å²) in [6.45, 7) is -0.0774. The molecule has 3 aromatic rings. The molecule has 1 aromatic heterocycles. The second-order valence-corrected chi connectivity index (χ2v) is 7.68. The Bertz CT molecular complexity index is 929. The fourth-order valence-corrected chi connectivity index (χ4v) is 3.36. The molecule has 2 aromatic carbocycles. The summed E-state index contributed by atoms with van der Waals surface area (Å²) in [4.78, 5) is 12.8. The Morgan fingerprint density at radius 1 is 1.29 bits per heavy atom. The van der Waals surface area contributed by atoms with E-state index in [1.807, 2.05) is 0 Å². The number of hydrogen-bond acceptors (Lipinski definition) is 4. The van der Waals surface area contributed by atoms with E-state index in [4.69, 9.17) is 26.4 Å². The number of nitrogen functional groups attached to an aromatic ring is 1. The van der Waals surface area contributed by atoms with Crippen molar-refractivity contribution in [2.45, 2.75) is 6.61 Å². The van der Waals surface area contributed by atoms with Crippen molar-refractivity contribution < 1.29 is 18.5 Å². The van der Waals surface area contributed by atoms with Crippen LogP contribution in [-0.4, -0.2) is 9.88 Å². The van der Waals surface area contributed by atoms with E-state index in [0.29, 0.717) is 31.6 Å². The maximum Gasteiger partial charge on any atom is 0.527 e. The quantitative estimate of drug-likeness (QED) is 0.396. The number of benzene rings is 2. The van der Waals surface area contributed by atoms with Crippen molar-refractivity contribution in [2.24, 2.45) is 0 Å². The number of aromatic amines is 1. The van der Waals surface area contributed by atoms with E-state index in [9.17, 15) is 9.46 Å². The van der Waals surface area contributed by atoms with Gasteiger partial charge in [-0.1, -0.05) is 23.7 Å². The molecule has 0 aliphatic carbocycles. The number of H-pyrrole nitrogens is 1. The largest absolute Gasteiger partial charge is 0.527 e. The maximum atomic E-state index is 12.2. The summed E-state index contributed by atoms with van der Waals surface area (Å²) in [6, 6.07) is 10.2. The number of phosphoric acid groups is 1. The van der Waals surface area contributed by atoms with Gasteiger partial charge in [-0.2, -0.15) is 0 Å². The molecule has 1 heterocycles. The van der Waals surface area contributed by atoms with Crippen molar-refractivity contribution in [3.05, 3.63) is 57.7 Å². The Hall–Kier alpha value is -1.50. The van der Waals surface area contributed by atoms with Crippen molar-refractivity contribution in [1.82, 2.24) is 4.98 Å². The predicted molar refractivity (Wildman–Crippen MR) is 97.1 cm³/mol. The lowest BCUT2D eigenvalue weighted by molar-refractivity contribution is 0.196. The van der Waals surface area contributed by atoms with Gasteiger partial charge in [0.1, 0.15) is 0 Å². The maximum absolute atomic E-state index is 12.2. The number of fused-ring (bicyclic) bond motifs is 1.